The number of aromatic nitrogens is 1. The van der Waals surface area contributed by atoms with E-state index < -0.39 is 0 Å². The first-order valence-corrected chi connectivity index (χ1v) is 6.40. The van der Waals surface area contributed by atoms with Gasteiger partial charge in [0.05, 0.1) is 12.6 Å². The van der Waals surface area contributed by atoms with E-state index in [2.05, 4.69) is 15.6 Å². The van der Waals surface area contributed by atoms with Gasteiger partial charge in [-0.3, -0.25) is 4.98 Å². The predicted octanol–water partition coefficient (Wildman–Crippen LogP) is 1.81. The number of aliphatic hydroxyl groups is 1. The number of hydrogen-bond donors (Lipinski definition) is 3. The first-order valence-electron chi connectivity index (χ1n) is 6.40. The first kappa shape index (κ1) is 14.0. The summed E-state index contributed by atoms with van der Waals surface area (Å²) in [5.74, 6) is 0. The van der Waals surface area contributed by atoms with E-state index >= 15 is 0 Å². The van der Waals surface area contributed by atoms with Crippen molar-refractivity contribution in [2.75, 3.05) is 11.9 Å². The van der Waals surface area contributed by atoms with Crippen LogP contribution in [-0.2, 0) is 6.42 Å². The summed E-state index contributed by atoms with van der Waals surface area (Å²) in [5, 5.41) is 14.8. The van der Waals surface area contributed by atoms with E-state index in [-0.39, 0.29) is 18.7 Å². The molecule has 1 heterocycles. The van der Waals surface area contributed by atoms with E-state index in [0.29, 0.717) is 12.1 Å². The summed E-state index contributed by atoms with van der Waals surface area (Å²) in [6, 6.07) is 12.5. The Balaban J connectivity index is 1.88. The summed E-state index contributed by atoms with van der Waals surface area (Å²) in [7, 11) is 0. The second-order valence-corrected chi connectivity index (χ2v) is 4.40. The summed E-state index contributed by atoms with van der Waals surface area (Å²) in [4.78, 5) is 15.7. The average molecular weight is 271 g/mol. The van der Waals surface area contributed by atoms with Gasteiger partial charge in [0.2, 0.25) is 0 Å². The van der Waals surface area contributed by atoms with E-state index in [4.69, 9.17) is 0 Å². The first-order chi connectivity index (χ1) is 9.78. The van der Waals surface area contributed by atoms with Crippen LogP contribution in [0.5, 0.6) is 0 Å². The monoisotopic (exact) mass is 271 g/mol. The zero-order valence-electron chi connectivity index (χ0n) is 11.0. The number of rotatable bonds is 5. The van der Waals surface area contributed by atoms with Gasteiger partial charge in [-0.2, -0.15) is 0 Å². The Morgan fingerprint density at radius 1 is 1.15 bits per heavy atom. The molecule has 0 aliphatic rings. The lowest BCUT2D eigenvalue weighted by atomic mass is 10.1. The molecule has 0 aliphatic heterocycles. The standard InChI is InChI=1S/C15H17N3O2/c19-11-14(10-12-4-2-1-3-5-12)18-15(20)17-13-6-8-16-9-7-13/h1-9,14,19H,10-11H2,(H2,16,17,18,20)/t14-/m0/s1. The summed E-state index contributed by atoms with van der Waals surface area (Å²) < 4.78 is 0. The molecule has 0 radical (unpaired) electrons. The molecule has 0 unspecified atom stereocenters. The number of urea groups is 1. The van der Waals surface area contributed by atoms with E-state index in [1.807, 2.05) is 30.3 Å². The Kier molecular flexibility index (Phi) is 5.08. The zero-order chi connectivity index (χ0) is 14.2. The molecule has 20 heavy (non-hydrogen) atoms. The Morgan fingerprint density at radius 2 is 1.85 bits per heavy atom. The van der Waals surface area contributed by atoms with Crippen LogP contribution in [0.1, 0.15) is 5.56 Å². The molecule has 2 rings (SSSR count). The normalized spacial score (nSPS) is 11.7. The molecule has 3 N–H and O–H groups in total. The van der Waals surface area contributed by atoms with Crippen molar-refractivity contribution < 1.29 is 9.90 Å². The van der Waals surface area contributed by atoms with Crippen molar-refractivity contribution >= 4 is 11.7 Å². The number of benzene rings is 1. The minimum absolute atomic E-state index is 0.112. The van der Waals surface area contributed by atoms with Gasteiger partial charge >= 0.3 is 6.03 Å². The van der Waals surface area contributed by atoms with Crippen LogP contribution in [0.4, 0.5) is 10.5 Å². The second-order valence-electron chi connectivity index (χ2n) is 4.40. The molecule has 2 aromatic rings. The zero-order valence-corrected chi connectivity index (χ0v) is 11.0. The molecular weight excluding hydrogens is 254 g/mol. The fourth-order valence-electron chi connectivity index (χ4n) is 1.85. The number of anilines is 1. The maximum Gasteiger partial charge on any atom is 0.319 e. The molecule has 0 spiro atoms. The van der Waals surface area contributed by atoms with Crippen molar-refractivity contribution in [2.45, 2.75) is 12.5 Å². The molecule has 1 aromatic heterocycles. The number of nitrogens with zero attached hydrogens (tertiary/aromatic N) is 1. The van der Waals surface area contributed by atoms with Gasteiger partial charge in [-0.15, -0.1) is 0 Å². The highest BCUT2D eigenvalue weighted by Gasteiger charge is 2.11. The maximum atomic E-state index is 11.8. The lowest BCUT2D eigenvalue weighted by molar-refractivity contribution is 0.224. The maximum absolute atomic E-state index is 11.8. The van der Waals surface area contributed by atoms with Crippen LogP contribution in [0.3, 0.4) is 0 Å². The number of carbonyl (C=O) groups is 1. The van der Waals surface area contributed by atoms with Crippen molar-refractivity contribution in [2.24, 2.45) is 0 Å². The van der Waals surface area contributed by atoms with Gasteiger partial charge in [0.1, 0.15) is 0 Å². The largest absolute Gasteiger partial charge is 0.394 e. The van der Waals surface area contributed by atoms with Gasteiger partial charge in [-0.05, 0) is 24.1 Å². The molecular formula is C15H17N3O2. The molecule has 1 aromatic carbocycles. The minimum Gasteiger partial charge on any atom is -0.394 e. The van der Waals surface area contributed by atoms with E-state index in [9.17, 15) is 9.90 Å². The van der Waals surface area contributed by atoms with E-state index in [0.717, 1.165) is 5.56 Å². The molecule has 0 fully saturated rings. The number of nitrogens with one attached hydrogen (secondary N) is 2. The molecule has 0 saturated heterocycles. The molecule has 5 heteroatoms. The summed E-state index contributed by atoms with van der Waals surface area (Å²) in [6.07, 6.45) is 3.79. The van der Waals surface area contributed by atoms with Crippen LogP contribution >= 0.6 is 0 Å². The second kappa shape index (κ2) is 7.25. The van der Waals surface area contributed by atoms with Gasteiger partial charge in [-0.1, -0.05) is 30.3 Å². The Bertz CT molecular complexity index is 531. The molecule has 5 nitrogen and oxygen atoms in total. The van der Waals surface area contributed by atoms with Gasteiger partial charge < -0.3 is 15.7 Å². The highest BCUT2D eigenvalue weighted by Crippen LogP contribution is 2.05. The van der Waals surface area contributed by atoms with Crippen LogP contribution in [0.15, 0.2) is 54.9 Å². The molecule has 2 amide bonds. The Morgan fingerprint density at radius 3 is 2.50 bits per heavy atom. The van der Waals surface area contributed by atoms with Gasteiger partial charge in [-0.25, -0.2) is 4.79 Å². The van der Waals surface area contributed by atoms with Crippen molar-refractivity contribution in [3.05, 3.63) is 60.4 Å². The number of pyridine rings is 1. The number of amides is 2. The van der Waals surface area contributed by atoms with Gasteiger partial charge in [0, 0.05) is 18.1 Å². The predicted molar refractivity (Wildman–Crippen MR) is 77.4 cm³/mol. The highest BCUT2D eigenvalue weighted by molar-refractivity contribution is 5.89. The van der Waals surface area contributed by atoms with Gasteiger partial charge in [0.15, 0.2) is 0 Å². The summed E-state index contributed by atoms with van der Waals surface area (Å²) in [6.45, 7) is -0.112. The third-order valence-corrected chi connectivity index (χ3v) is 2.82. The molecule has 0 saturated carbocycles. The number of carbonyl (C=O) groups excluding carboxylic acids is 1. The van der Waals surface area contributed by atoms with Crippen LogP contribution in [0.25, 0.3) is 0 Å². The summed E-state index contributed by atoms with van der Waals surface area (Å²) in [5.41, 5.74) is 1.73. The van der Waals surface area contributed by atoms with Crippen LogP contribution in [0.2, 0.25) is 0 Å². The fraction of sp³-hybridized carbons (Fsp3) is 0.200. The van der Waals surface area contributed by atoms with Crippen molar-refractivity contribution in [1.29, 1.82) is 0 Å². The minimum atomic E-state index is -0.341. The average Bonchev–Trinajstić information content (AvgIpc) is 2.48. The van der Waals surface area contributed by atoms with E-state index in [1.165, 1.54) is 0 Å². The van der Waals surface area contributed by atoms with Crippen molar-refractivity contribution in [3.8, 4) is 0 Å². The third-order valence-electron chi connectivity index (χ3n) is 2.82. The van der Waals surface area contributed by atoms with Crippen LogP contribution in [0, 0.1) is 0 Å². The molecule has 0 aliphatic carbocycles. The topological polar surface area (TPSA) is 74.2 Å². The lowest BCUT2D eigenvalue weighted by Crippen LogP contribution is -2.41. The smallest absolute Gasteiger partial charge is 0.319 e. The van der Waals surface area contributed by atoms with Crippen molar-refractivity contribution in [1.82, 2.24) is 10.3 Å². The SMILES string of the molecule is O=C(Nc1ccncc1)N[C@H](CO)Cc1ccccc1. The van der Waals surface area contributed by atoms with Crippen LogP contribution in [-0.4, -0.2) is 28.8 Å². The third kappa shape index (κ3) is 4.37. The highest BCUT2D eigenvalue weighted by atomic mass is 16.3. The summed E-state index contributed by atoms with van der Waals surface area (Å²) >= 11 is 0. The van der Waals surface area contributed by atoms with E-state index in [1.54, 1.807) is 24.5 Å². The molecule has 104 valence electrons. The van der Waals surface area contributed by atoms with Gasteiger partial charge in [0.25, 0.3) is 0 Å². The fourth-order valence-corrected chi connectivity index (χ4v) is 1.85. The van der Waals surface area contributed by atoms with Crippen LogP contribution < -0.4 is 10.6 Å². The number of aliphatic hydroxyl groups excluding tert-OH is 1. The quantitative estimate of drug-likeness (QED) is 0.776. The van der Waals surface area contributed by atoms with Crippen molar-refractivity contribution in [3.63, 3.8) is 0 Å². The Labute approximate surface area is 117 Å². The lowest BCUT2D eigenvalue weighted by Gasteiger charge is -2.17. The number of hydrogen-bond acceptors (Lipinski definition) is 3. The Hall–Kier alpha value is -2.40. The molecule has 0 bridgehead atoms. The molecule has 1 atom stereocenters.